The number of ether oxygens (including phenoxy) is 1. The van der Waals surface area contributed by atoms with Crippen molar-refractivity contribution in [2.24, 2.45) is 5.73 Å². The lowest BCUT2D eigenvalue weighted by Gasteiger charge is -2.10. The van der Waals surface area contributed by atoms with E-state index in [1.165, 1.54) is 0 Å². The molecule has 0 fully saturated rings. The zero-order valence-corrected chi connectivity index (χ0v) is 13.7. The van der Waals surface area contributed by atoms with Crippen molar-refractivity contribution in [2.45, 2.75) is 0 Å². The van der Waals surface area contributed by atoms with E-state index in [0.29, 0.717) is 22.2 Å². The fourth-order valence-electron chi connectivity index (χ4n) is 2.54. The van der Waals surface area contributed by atoms with E-state index in [-0.39, 0.29) is 12.5 Å². The number of benzene rings is 2. The Labute approximate surface area is 144 Å². The molecule has 0 aliphatic rings. The lowest BCUT2D eigenvalue weighted by Crippen LogP contribution is -2.33. The molecule has 0 atom stereocenters. The van der Waals surface area contributed by atoms with E-state index in [2.05, 4.69) is 10.3 Å². The SMILES string of the molecule is COc1ccc(-c2cc(C(=O)NCC(N)=O)c3ccccc3n2)cc1. The summed E-state index contributed by atoms with van der Waals surface area (Å²) in [7, 11) is 1.60. The van der Waals surface area contributed by atoms with Gasteiger partial charge < -0.3 is 15.8 Å². The maximum Gasteiger partial charge on any atom is 0.252 e. The third-order valence-electron chi connectivity index (χ3n) is 3.77. The van der Waals surface area contributed by atoms with Crippen LogP contribution in [-0.4, -0.2) is 30.5 Å². The molecule has 0 spiro atoms. The summed E-state index contributed by atoms with van der Waals surface area (Å²) in [6, 6.07) is 16.5. The number of amides is 2. The molecule has 0 aliphatic carbocycles. The van der Waals surface area contributed by atoms with E-state index in [1.807, 2.05) is 48.5 Å². The molecule has 3 rings (SSSR count). The minimum atomic E-state index is -0.595. The van der Waals surface area contributed by atoms with Crippen molar-refractivity contribution in [2.75, 3.05) is 13.7 Å². The fourth-order valence-corrected chi connectivity index (χ4v) is 2.54. The molecule has 0 unspecified atom stereocenters. The quantitative estimate of drug-likeness (QED) is 0.747. The molecule has 3 aromatic rings. The van der Waals surface area contributed by atoms with Crippen LogP contribution in [-0.2, 0) is 4.79 Å². The van der Waals surface area contributed by atoms with Gasteiger partial charge in [-0.25, -0.2) is 4.98 Å². The second-order valence-corrected chi connectivity index (χ2v) is 5.45. The Morgan fingerprint density at radius 1 is 1.12 bits per heavy atom. The highest BCUT2D eigenvalue weighted by molar-refractivity contribution is 6.07. The number of aromatic nitrogens is 1. The van der Waals surface area contributed by atoms with Gasteiger partial charge in [-0.15, -0.1) is 0 Å². The monoisotopic (exact) mass is 335 g/mol. The first-order valence-corrected chi connectivity index (χ1v) is 7.69. The Kier molecular flexibility index (Phi) is 4.61. The van der Waals surface area contributed by atoms with Crippen molar-refractivity contribution >= 4 is 22.7 Å². The predicted molar refractivity (Wildman–Crippen MR) is 95.3 cm³/mol. The van der Waals surface area contributed by atoms with Crippen LogP contribution in [0.15, 0.2) is 54.6 Å². The van der Waals surface area contributed by atoms with E-state index in [4.69, 9.17) is 10.5 Å². The zero-order chi connectivity index (χ0) is 17.8. The first-order chi connectivity index (χ1) is 12.1. The highest BCUT2D eigenvalue weighted by atomic mass is 16.5. The molecule has 0 saturated heterocycles. The highest BCUT2D eigenvalue weighted by Gasteiger charge is 2.14. The first-order valence-electron chi connectivity index (χ1n) is 7.69. The van der Waals surface area contributed by atoms with Gasteiger partial charge in [-0.1, -0.05) is 18.2 Å². The number of nitrogens with one attached hydrogen (secondary N) is 1. The molecular formula is C19H17N3O3. The lowest BCUT2D eigenvalue weighted by molar-refractivity contribution is -0.117. The third-order valence-corrected chi connectivity index (χ3v) is 3.77. The van der Waals surface area contributed by atoms with Gasteiger partial charge in [0.2, 0.25) is 5.91 Å². The van der Waals surface area contributed by atoms with Crippen LogP contribution in [0, 0.1) is 0 Å². The largest absolute Gasteiger partial charge is 0.497 e. The number of pyridine rings is 1. The number of carbonyl (C=O) groups is 2. The number of fused-ring (bicyclic) bond motifs is 1. The Bertz CT molecular complexity index is 936. The number of hydrogen-bond acceptors (Lipinski definition) is 4. The van der Waals surface area contributed by atoms with Gasteiger partial charge in [0.15, 0.2) is 0 Å². The number of nitrogens with zero attached hydrogens (tertiary/aromatic N) is 1. The van der Waals surface area contributed by atoms with Crippen molar-refractivity contribution in [3.8, 4) is 17.0 Å². The minimum absolute atomic E-state index is 0.215. The summed E-state index contributed by atoms with van der Waals surface area (Å²) in [6.45, 7) is -0.215. The van der Waals surface area contributed by atoms with Crippen LogP contribution in [0.3, 0.4) is 0 Å². The van der Waals surface area contributed by atoms with Crippen molar-refractivity contribution in [3.05, 3.63) is 60.2 Å². The Morgan fingerprint density at radius 3 is 2.52 bits per heavy atom. The van der Waals surface area contributed by atoms with Gasteiger partial charge in [0, 0.05) is 10.9 Å². The molecule has 1 heterocycles. The number of carbonyl (C=O) groups excluding carboxylic acids is 2. The number of rotatable bonds is 5. The van der Waals surface area contributed by atoms with Crippen LogP contribution in [0.5, 0.6) is 5.75 Å². The van der Waals surface area contributed by atoms with Gasteiger partial charge >= 0.3 is 0 Å². The summed E-state index contributed by atoms with van der Waals surface area (Å²) in [6.07, 6.45) is 0. The maximum atomic E-state index is 12.5. The number of primary amides is 1. The van der Waals surface area contributed by atoms with E-state index in [9.17, 15) is 9.59 Å². The van der Waals surface area contributed by atoms with Crippen molar-refractivity contribution in [3.63, 3.8) is 0 Å². The van der Waals surface area contributed by atoms with Gasteiger partial charge in [0.25, 0.3) is 5.91 Å². The number of para-hydroxylation sites is 1. The summed E-state index contributed by atoms with van der Waals surface area (Å²) in [5.41, 5.74) is 7.75. The Hall–Kier alpha value is -3.41. The third kappa shape index (κ3) is 3.58. The van der Waals surface area contributed by atoms with Crippen molar-refractivity contribution in [1.82, 2.24) is 10.3 Å². The number of methoxy groups -OCH3 is 1. The summed E-state index contributed by atoms with van der Waals surface area (Å²) in [5.74, 6) is -0.224. The summed E-state index contributed by atoms with van der Waals surface area (Å²) < 4.78 is 5.16. The molecule has 0 radical (unpaired) electrons. The van der Waals surface area contributed by atoms with E-state index in [1.54, 1.807) is 13.2 Å². The molecule has 126 valence electrons. The molecule has 0 bridgehead atoms. The smallest absolute Gasteiger partial charge is 0.252 e. The standard InChI is InChI=1S/C19H17N3O3/c1-25-13-8-6-12(7-9-13)17-10-15(19(24)21-11-18(20)23)14-4-2-3-5-16(14)22-17/h2-10H,11H2,1H3,(H2,20,23)(H,21,24). The lowest BCUT2D eigenvalue weighted by atomic mass is 10.0. The highest BCUT2D eigenvalue weighted by Crippen LogP contribution is 2.26. The molecule has 1 aromatic heterocycles. The van der Waals surface area contributed by atoms with Gasteiger partial charge in [0.05, 0.1) is 30.4 Å². The van der Waals surface area contributed by atoms with Crippen molar-refractivity contribution in [1.29, 1.82) is 0 Å². The molecule has 2 amide bonds. The Balaban J connectivity index is 2.08. The normalized spacial score (nSPS) is 10.4. The van der Waals surface area contributed by atoms with Crippen LogP contribution < -0.4 is 15.8 Å². The van der Waals surface area contributed by atoms with Crippen LogP contribution in [0.4, 0.5) is 0 Å². The number of hydrogen-bond donors (Lipinski definition) is 2. The van der Waals surface area contributed by atoms with Gasteiger partial charge in [-0.2, -0.15) is 0 Å². The van der Waals surface area contributed by atoms with E-state index >= 15 is 0 Å². The Morgan fingerprint density at radius 2 is 1.84 bits per heavy atom. The molecule has 2 aromatic carbocycles. The van der Waals surface area contributed by atoms with Crippen molar-refractivity contribution < 1.29 is 14.3 Å². The van der Waals surface area contributed by atoms with E-state index in [0.717, 1.165) is 11.3 Å². The molecule has 3 N–H and O–H groups in total. The van der Waals surface area contributed by atoms with E-state index < -0.39 is 5.91 Å². The van der Waals surface area contributed by atoms with Crippen LogP contribution in [0.2, 0.25) is 0 Å². The molecular weight excluding hydrogens is 318 g/mol. The second-order valence-electron chi connectivity index (χ2n) is 5.45. The van der Waals surface area contributed by atoms with Crippen LogP contribution in [0.25, 0.3) is 22.2 Å². The van der Waals surface area contributed by atoms with Crippen LogP contribution >= 0.6 is 0 Å². The fraction of sp³-hybridized carbons (Fsp3) is 0.105. The van der Waals surface area contributed by atoms with Gasteiger partial charge in [0.1, 0.15) is 5.75 Å². The maximum absolute atomic E-state index is 12.5. The van der Waals surface area contributed by atoms with Gasteiger partial charge in [-0.05, 0) is 36.4 Å². The van der Waals surface area contributed by atoms with Crippen LogP contribution in [0.1, 0.15) is 10.4 Å². The molecule has 0 aliphatic heterocycles. The average molecular weight is 335 g/mol. The minimum Gasteiger partial charge on any atom is -0.497 e. The molecule has 0 saturated carbocycles. The zero-order valence-electron chi connectivity index (χ0n) is 13.7. The predicted octanol–water partition coefficient (Wildman–Crippen LogP) is 2.13. The number of nitrogens with two attached hydrogens (primary N) is 1. The summed E-state index contributed by atoms with van der Waals surface area (Å²) >= 11 is 0. The molecule has 25 heavy (non-hydrogen) atoms. The average Bonchev–Trinajstić information content (AvgIpc) is 2.65. The first kappa shape index (κ1) is 16.4. The summed E-state index contributed by atoms with van der Waals surface area (Å²) in [5, 5.41) is 3.24. The second kappa shape index (κ2) is 7.00. The summed E-state index contributed by atoms with van der Waals surface area (Å²) in [4.78, 5) is 28.0. The molecule has 6 heteroatoms. The topological polar surface area (TPSA) is 94.3 Å². The molecule has 6 nitrogen and oxygen atoms in total. The van der Waals surface area contributed by atoms with Gasteiger partial charge in [-0.3, -0.25) is 9.59 Å².